The number of para-hydroxylation sites is 1. The van der Waals surface area contributed by atoms with Crippen LogP contribution in [-0.4, -0.2) is 42.2 Å². The van der Waals surface area contributed by atoms with Crippen LogP contribution >= 0.6 is 11.3 Å². The van der Waals surface area contributed by atoms with Gasteiger partial charge in [0.05, 0.1) is 11.6 Å². The molecule has 0 spiro atoms. The Labute approximate surface area is 140 Å². The number of rotatable bonds is 6. The van der Waals surface area contributed by atoms with Crippen molar-refractivity contribution in [2.24, 2.45) is 0 Å². The van der Waals surface area contributed by atoms with Gasteiger partial charge in [0.2, 0.25) is 0 Å². The SMILES string of the molecule is CCc1ncc(CN(C)CC2CN(c3ccccc3)C(=O)O2)s1. The van der Waals surface area contributed by atoms with Crippen molar-refractivity contribution in [3.05, 3.63) is 46.4 Å². The van der Waals surface area contributed by atoms with Crippen molar-refractivity contribution in [1.82, 2.24) is 9.88 Å². The topological polar surface area (TPSA) is 45.7 Å². The zero-order chi connectivity index (χ0) is 16.2. The third-order valence-electron chi connectivity index (χ3n) is 3.79. The van der Waals surface area contributed by atoms with Crippen molar-refractivity contribution >= 4 is 23.1 Å². The highest BCUT2D eigenvalue weighted by Gasteiger charge is 2.32. The number of hydrogen-bond acceptors (Lipinski definition) is 5. The number of likely N-dealkylation sites (N-methyl/N-ethyl adjacent to an activating group) is 1. The van der Waals surface area contributed by atoms with E-state index < -0.39 is 0 Å². The maximum absolute atomic E-state index is 12.0. The number of benzene rings is 1. The van der Waals surface area contributed by atoms with Crippen LogP contribution in [0.5, 0.6) is 0 Å². The first kappa shape index (κ1) is 16.0. The fourth-order valence-corrected chi connectivity index (χ4v) is 3.64. The zero-order valence-electron chi connectivity index (χ0n) is 13.4. The van der Waals surface area contributed by atoms with Crippen LogP contribution in [0.2, 0.25) is 0 Å². The van der Waals surface area contributed by atoms with Gasteiger partial charge in [-0.25, -0.2) is 9.78 Å². The van der Waals surface area contributed by atoms with Gasteiger partial charge in [0.25, 0.3) is 0 Å². The van der Waals surface area contributed by atoms with E-state index in [-0.39, 0.29) is 12.2 Å². The minimum atomic E-state index is -0.263. The first-order valence-corrected chi connectivity index (χ1v) is 8.62. The second-order valence-electron chi connectivity index (χ2n) is 5.72. The Hall–Kier alpha value is -1.92. The highest BCUT2D eigenvalue weighted by Crippen LogP contribution is 2.22. The number of aryl methyl sites for hydroxylation is 1. The molecule has 1 saturated heterocycles. The highest BCUT2D eigenvalue weighted by atomic mass is 32.1. The molecule has 1 amide bonds. The standard InChI is InChI=1S/C17H21N3O2S/c1-3-16-18-9-15(23-16)12-19(2)10-14-11-20(17(21)22-14)13-7-5-4-6-8-13/h4-9,14H,3,10-12H2,1-2H3. The van der Waals surface area contributed by atoms with E-state index in [4.69, 9.17) is 4.74 Å². The summed E-state index contributed by atoms with van der Waals surface area (Å²) in [7, 11) is 2.05. The molecule has 1 aliphatic heterocycles. The zero-order valence-corrected chi connectivity index (χ0v) is 14.3. The normalized spacial score (nSPS) is 17.8. The molecule has 0 bridgehead atoms. The summed E-state index contributed by atoms with van der Waals surface area (Å²) >= 11 is 1.75. The van der Waals surface area contributed by atoms with Crippen LogP contribution in [-0.2, 0) is 17.7 Å². The molecule has 3 rings (SSSR count). The predicted octanol–water partition coefficient (Wildman–Crippen LogP) is 3.16. The van der Waals surface area contributed by atoms with Gasteiger partial charge >= 0.3 is 6.09 Å². The average Bonchev–Trinajstić information content (AvgIpc) is 3.14. The number of thiazole rings is 1. The second-order valence-corrected chi connectivity index (χ2v) is 6.92. The van der Waals surface area contributed by atoms with Crippen LogP contribution in [0, 0.1) is 0 Å². The molecule has 1 aromatic heterocycles. The second kappa shape index (κ2) is 7.10. The summed E-state index contributed by atoms with van der Waals surface area (Å²) < 4.78 is 5.50. The lowest BCUT2D eigenvalue weighted by Gasteiger charge is -2.18. The molecule has 1 unspecified atom stereocenters. The van der Waals surface area contributed by atoms with Gasteiger partial charge in [-0.3, -0.25) is 9.80 Å². The summed E-state index contributed by atoms with van der Waals surface area (Å²) in [6.45, 7) is 4.25. The highest BCUT2D eigenvalue weighted by molar-refractivity contribution is 7.11. The Balaban J connectivity index is 1.55. The van der Waals surface area contributed by atoms with Crippen LogP contribution in [0.3, 0.4) is 0 Å². The predicted molar refractivity (Wildman–Crippen MR) is 91.9 cm³/mol. The van der Waals surface area contributed by atoms with Gasteiger partial charge in [-0.05, 0) is 25.6 Å². The van der Waals surface area contributed by atoms with Crippen molar-refractivity contribution in [3.63, 3.8) is 0 Å². The number of amides is 1. The summed E-state index contributed by atoms with van der Waals surface area (Å²) in [5, 5.41) is 1.16. The molecule has 23 heavy (non-hydrogen) atoms. The van der Waals surface area contributed by atoms with Crippen LogP contribution in [0.1, 0.15) is 16.8 Å². The van der Waals surface area contributed by atoms with Crippen molar-refractivity contribution in [1.29, 1.82) is 0 Å². The van der Waals surface area contributed by atoms with Crippen LogP contribution in [0.15, 0.2) is 36.5 Å². The Bertz CT molecular complexity index is 659. The van der Waals surface area contributed by atoms with E-state index in [0.29, 0.717) is 13.1 Å². The molecule has 0 N–H and O–H groups in total. The maximum atomic E-state index is 12.0. The first-order chi connectivity index (χ1) is 11.2. The van der Waals surface area contributed by atoms with Gasteiger partial charge < -0.3 is 4.74 Å². The largest absolute Gasteiger partial charge is 0.443 e. The van der Waals surface area contributed by atoms with Gasteiger partial charge in [0, 0.05) is 29.9 Å². The number of carbonyl (C=O) groups is 1. The maximum Gasteiger partial charge on any atom is 0.414 e. The van der Waals surface area contributed by atoms with Crippen LogP contribution in [0.25, 0.3) is 0 Å². The van der Waals surface area contributed by atoms with Crippen molar-refractivity contribution in [2.45, 2.75) is 26.0 Å². The molecule has 1 aromatic carbocycles. The molecule has 122 valence electrons. The lowest BCUT2D eigenvalue weighted by molar-refractivity contribution is 0.115. The van der Waals surface area contributed by atoms with E-state index in [0.717, 1.165) is 23.7 Å². The van der Waals surface area contributed by atoms with Crippen molar-refractivity contribution in [2.75, 3.05) is 25.0 Å². The van der Waals surface area contributed by atoms with E-state index in [1.165, 1.54) is 4.88 Å². The first-order valence-electron chi connectivity index (χ1n) is 7.81. The van der Waals surface area contributed by atoms with E-state index >= 15 is 0 Å². The number of aromatic nitrogens is 1. The molecule has 6 heteroatoms. The molecule has 5 nitrogen and oxygen atoms in total. The van der Waals surface area contributed by atoms with Crippen molar-refractivity contribution < 1.29 is 9.53 Å². The minimum Gasteiger partial charge on any atom is -0.443 e. The van der Waals surface area contributed by atoms with Gasteiger partial charge in [-0.1, -0.05) is 25.1 Å². The lowest BCUT2D eigenvalue weighted by atomic mass is 10.2. The molecule has 2 aromatic rings. The molecular formula is C17H21N3O2S. The molecular weight excluding hydrogens is 310 g/mol. The third-order valence-corrected chi connectivity index (χ3v) is 4.91. The number of ether oxygens (including phenoxy) is 1. The third kappa shape index (κ3) is 3.89. The smallest absolute Gasteiger partial charge is 0.414 e. The lowest BCUT2D eigenvalue weighted by Crippen LogP contribution is -2.32. The summed E-state index contributed by atoms with van der Waals surface area (Å²) in [6, 6.07) is 9.65. The molecule has 0 aliphatic carbocycles. The molecule has 1 fully saturated rings. The Morgan fingerprint density at radius 2 is 2.17 bits per heavy atom. The van der Waals surface area contributed by atoms with E-state index in [2.05, 4.69) is 16.8 Å². The van der Waals surface area contributed by atoms with Crippen LogP contribution < -0.4 is 4.90 Å². The Kier molecular flexibility index (Phi) is 4.93. The molecule has 2 heterocycles. The summed E-state index contributed by atoms with van der Waals surface area (Å²) in [6.07, 6.45) is 2.55. The quantitative estimate of drug-likeness (QED) is 0.816. The number of hydrogen-bond donors (Lipinski definition) is 0. The monoisotopic (exact) mass is 331 g/mol. The van der Waals surface area contributed by atoms with Crippen LogP contribution in [0.4, 0.5) is 10.5 Å². The van der Waals surface area contributed by atoms with Gasteiger partial charge in [0.15, 0.2) is 0 Å². The van der Waals surface area contributed by atoms with E-state index in [9.17, 15) is 4.79 Å². The van der Waals surface area contributed by atoms with Gasteiger partial charge in [-0.15, -0.1) is 11.3 Å². The average molecular weight is 331 g/mol. The number of carbonyl (C=O) groups excluding carboxylic acids is 1. The van der Waals surface area contributed by atoms with E-state index in [1.54, 1.807) is 16.2 Å². The molecule has 1 atom stereocenters. The minimum absolute atomic E-state index is 0.105. The Morgan fingerprint density at radius 3 is 2.87 bits per heavy atom. The fraction of sp³-hybridized carbons (Fsp3) is 0.412. The van der Waals surface area contributed by atoms with Crippen molar-refractivity contribution in [3.8, 4) is 0 Å². The Morgan fingerprint density at radius 1 is 1.39 bits per heavy atom. The number of nitrogens with zero attached hydrogens (tertiary/aromatic N) is 3. The fourth-order valence-electron chi connectivity index (χ4n) is 2.70. The summed E-state index contributed by atoms with van der Waals surface area (Å²) in [4.78, 5) is 21.5. The number of anilines is 1. The van der Waals surface area contributed by atoms with Gasteiger partial charge in [0.1, 0.15) is 6.10 Å². The van der Waals surface area contributed by atoms with E-state index in [1.807, 2.05) is 43.6 Å². The summed E-state index contributed by atoms with van der Waals surface area (Å²) in [5.74, 6) is 0. The molecule has 1 aliphatic rings. The summed E-state index contributed by atoms with van der Waals surface area (Å²) in [5.41, 5.74) is 0.887. The number of cyclic esters (lactones) is 1. The van der Waals surface area contributed by atoms with Gasteiger partial charge in [-0.2, -0.15) is 0 Å². The molecule has 0 radical (unpaired) electrons. The molecule has 0 saturated carbocycles.